The van der Waals surface area contributed by atoms with Crippen molar-refractivity contribution in [1.82, 2.24) is 4.90 Å². The summed E-state index contributed by atoms with van der Waals surface area (Å²) in [5.74, 6) is -2.09. The zero-order chi connectivity index (χ0) is 33.7. The van der Waals surface area contributed by atoms with Gasteiger partial charge in [0.1, 0.15) is 28.4 Å². The summed E-state index contributed by atoms with van der Waals surface area (Å²) in [6.45, 7) is 1.22. The van der Waals surface area contributed by atoms with Gasteiger partial charge < -0.3 is 30.4 Å². The summed E-state index contributed by atoms with van der Waals surface area (Å²) in [5.41, 5.74) is 3.47. The first-order valence-corrected chi connectivity index (χ1v) is 16.6. The Morgan fingerprint density at radius 2 is 1.35 bits per heavy atom. The Kier molecular flexibility index (Phi) is 8.00. The van der Waals surface area contributed by atoms with Crippen LogP contribution in [-0.4, -0.2) is 62.0 Å². The lowest BCUT2D eigenvalue weighted by Gasteiger charge is -2.58. The number of piperidine rings is 1. The Morgan fingerprint density at radius 3 is 1.94 bits per heavy atom. The predicted molar refractivity (Wildman–Crippen MR) is 184 cm³/mol. The number of hydrogen-bond acceptors (Lipinski definition) is 6. The van der Waals surface area contributed by atoms with E-state index in [0.29, 0.717) is 43.8 Å². The molecule has 3 aliphatic rings. The molecule has 0 unspecified atom stereocenters. The zero-order valence-corrected chi connectivity index (χ0v) is 26.8. The third kappa shape index (κ3) is 5.21. The van der Waals surface area contributed by atoms with Gasteiger partial charge in [0.25, 0.3) is 0 Å². The molecule has 3 atom stereocenters. The Labute approximate surface area is 278 Å². The van der Waals surface area contributed by atoms with Gasteiger partial charge in [0, 0.05) is 29.0 Å². The van der Waals surface area contributed by atoms with Crippen molar-refractivity contribution in [2.75, 3.05) is 13.6 Å². The summed E-state index contributed by atoms with van der Waals surface area (Å²) in [4.78, 5) is 25.8. The molecule has 0 spiro atoms. The molecule has 0 radical (unpaired) electrons. The van der Waals surface area contributed by atoms with E-state index in [4.69, 9.17) is 0 Å². The summed E-state index contributed by atoms with van der Waals surface area (Å²) < 4.78 is 0. The molecular weight excluding hydrogens is 606 g/mol. The molecule has 8 heteroatoms. The highest BCUT2D eigenvalue weighted by Crippen LogP contribution is 2.56. The first-order chi connectivity index (χ1) is 23.1. The highest BCUT2D eigenvalue weighted by Gasteiger charge is 2.53. The number of benzene rings is 5. The molecule has 0 amide bonds. The van der Waals surface area contributed by atoms with Gasteiger partial charge in [-0.1, -0.05) is 67.4 Å². The van der Waals surface area contributed by atoms with Crippen molar-refractivity contribution in [2.24, 2.45) is 5.92 Å². The van der Waals surface area contributed by atoms with Gasteiger partial charge in [-0.15, -0.1) is 0 Å². The number of fused-ring (bicyclic) bond motifs is 3. The number of hydrogen-bond donors (Lipinski definition) is 5. The van der Waals surface area contributed by atoms with E-state index in [1.807, 2.05) is 6.07 Å². The number of nitrogens with zero attached hydrogens (tertiary/aromatic N) is 1. The van der Waals surface area contributed by atoms with Crippen molar-refractivity contribution >= 4 is 33.5 Å². The molecule has 1 saturated heterocycles. The van der Waals surface area contributed by atoms with Gasteiger partial charge >= 0.3 is 11.9 Å². The molecule has 1 aliphatic heterocycles. The van der Waals surface area contributed by atoms with Crippen molar-refractivity contribution in [3.05, 3.63) is 112 Å². The smallest absolute Gasteiger partial charge is 0.339 e. The fourth-order valence-corrected chi connectivity index (χ4v) is 8.87. The number of phenols is 3. The van der Waals surface area contributed by atoms with Crippen LogP contribution in [0.4, 0.5) is 0 Å². The van der Waals surface area contributed by atoms with E-state index >= 15 is 0 Å². The molecule has 1 heterocycles. The number of aromatic hydroxyl groups is 3. The van der Waals surface area contributed by atoms with Crippen molar-refractivity contribution in [1.29, 1.82) is 0 Å². The van der Waals surface area contributed by atoms with Crippen molar-refractivity contribution in [2.45, 2.75) is 56.4 Å². The first-order valence-electron chi connectivity index (χ1n) is 16.6. The molecule has 0 aromatic heterocycles. The van der Waals surface area contributed by atoms with E-state index in [1.54, 1.807) is 48.5 Å². The normalized spacial score (nSPS) is 21.5. The van der Waals surface area contributed by atoms with Gasteiger partial charge in [0.2, 0.25) is 0 Å². The molecular formula is C40H39NO7. The summed E-state index contributed by atoms with van der Waals surface area (Å²) in [6, 6.07) is 23.6. The number of aromatic carboxylic acids is 2. The maximum Gasteiger partial charge on any atom is 0.339 e. The lowest BCUT2D eigenvalue weighted by Crippen LogP contribution is -2.59. The monoisotopic (exact) mass is 645 g/mol. The van der Waals surface area contributed by atoms with Gasteiger partial charge in [-0.25, -0.2) is 9.59 Å². The van der Waals surface area contributed by atoms with Gasteiger partial charge in [0.05, 0.1) is 0 Å². The van der Waals surface area contributed by atoms with Crippen LogP contribution in [-0.2, 0) is 18.3 Å². The Balaban J connectivity index is 0.000000165. The van der Waals surface area contributed by atoms with Gasteiger partial charge in [-0.3, -0.25) is 0 Å². The number of carbonyl (C=O) groups is 2. The van der Waals surface area contributed by atoms with Crippen LogP contribution in [0.5, 0.6) is 17.2 Å². The van der Waals surface area contributed by atoms with Crippen molar-refractivity contribution in [3.8, 4) is 17.2 Å². The second kappa shape index (κ2) is 12.2. The number of rotatable bonds is 4. The zero-order valence-electron chi connectivity index (χ0n) is 26.8. The minimum Gasteiger partial charge on any atom is -0.508 e. The van der Waals surface area contributed by atoms with Crippen LogP contribution >= 0.6 is 0 Å². The maximum absolute atomic E-state index is 11.6. The second-order valence-electron chi connectivity index (χ2n) is 13.6. The second-order valence-corrected chi connectivity index (χ2v) is 13.6. The van der Waals surface area contributed by atoms with E-state index in [9.17, 15) is 35.1 Å². The topological polar surface area (TPSA) is 139 Å². The molecule has 246 valence electrons. The fraction of sp³-hybridized carbons (Fsp3) is 0.300. The third-order valence-electron chi connectivity index (χ3n) is 11.2. The van der Waals surface area contributed by atoms with Crippen LogP contribution in [0, 0.1) is 5.92 Å². The van der Waals surface area contributed by atoms with Crippen LogP contribution in [0.1, 0.15) is 75.1 Å². The molecule has 48 heavy (non-hydrogen) atoms. The van der Waals surface area contributed by atoms with E-state index < -0.39 is 23.4 Å². The van der Waals surface area contributed by atoms with Gasteiger partial charge in [0.15, 0.2) is 0 Å². The fourth-order valence-electron chi connectivity index (χ4n) is 8.87. The lowest BCUT2D eigenvalue weighted by molar-refractivity contribution is 0.00274. The first kappa shape index (κ1) is 31.5. The number of carboxylic acids is 2. The maximum atomic E-state index is 11.6. The lowest BCUT2D eigenvalue weighted by atomic mass is 9.52. The van der Waals surface area contributed by atoms with E-state index in [0.717, 1.165) is 12.0 Å². The average molecular weight is 646 g/mol. The van der Waals surface area contributed by atoms with Crippen LogP contribution in [0.25, 0.3) is 21.5 Å². The molecule has 2 bridgehead atoms. The quantitative estimate of drug-likeness (QED) is 0.136. The molecule has 5 aromatic carbocycles. The summed E-state index contributed by atoms with van der Waals surface area (Å²) >= 11 is 0. The van der Waals surface area contributed by atoms with E-state index in [1.165, 1.54) is 68.3 Å². The largest absolute Gasteiger partial charge is 0.508 e. The molecule has 1 saturated carbocycles. The van der Waals surface area contributed by atoms with Crippen LogP contribution in [0.15, 0.2) is 78.9 Å². The highest BCUT2D eigenvalue weighted by atomic mass is 16.4. The minimum absolute atomic E-state index is 0.0407. The Morgan fingerprint density at radius 1 is 0.771 bits per heavy atom. The van der Waals surface area contributed by atoms with Crippen molar-refractivity contribution in [3.63, 3.8) is 0 Å². The number of likely N-dealkylation sites (N-methyl/N-ethyl adjacent to an activating group) is 1. The van der Waals surface area contributed by atoms with Gasteiger partial charge in [-0.2, -0.15) is 0 Å². The highest BCUT2D eigenvalue weighted by molar-refractivity contribution is 6.02. The van der Waals surface area contributed by atoms with Crippen LogP contribution in [0.2, 0.25) is 0 Å². The standard InChI is InChI=1S/C23H16O6.C17H23NO/c24-20-16(14-7-3-1-5-12(14)9-18(20)22(26)27)11-17-15-8-4-2-6-13(15)10-19(21(17)25)23(28)29;1-18-9-8-17-7-3-2-4-14(17)16(18)10-12-5-6-13(19)11-15(12)17/h1-10,24-25H,11H2,(H,26,27)(H,28,29);5-6,11,14,16,19H,2-4,7-10H2,1H3/t;14-,16+,17+/m.0/s1. The molecule has 2 fully saturated rings. The predicted octanol–water partition coefficient (Wildman–Crippen LogP) is 7.47. The molecule has 2 aliphatic carbocycles. The molecule has 8 nitrogen and oxygen atoms in total. The van der Waals surface area contributed by atoms with Crippen LogP contribution < -0.4 is 0 Å². The average Bonchev–Trinajstić information content (AvgIpc) is 3.08. The minimum atomic E-state index is -1.28. The van der Waals surface area contributed by atoms with Crippen molar-refractivity contribution < 1.29 is 35.1 Å². The third-order valence-corrected chi connectivity index (χ3v) is 11.2. The molecule has 8 rings (SSSR count). The Hall–Kier alpha value is -5.08. The van der Waals surface area contributed by atoms with Gasteiger partial charge in [-0.05, 0) is 102 Å². The Bertz CT molecular complexity index is 1990. The summed E-state index contributed by atoms with van der Waals surface area (Å²) in [7, 11) is 2.30. The molecule has 5 aromatic rings. The number of carboxylic acid groups (broad SMARTS) is 2. The number of phenolic OH excluding ortho intramolecular Hbond substituents is 1. The van der Waals surface area contributed by atoms with E-state index in [-0.39, 0.29) is 17.5 Å². The summed E-state index contributed by atoms with van der Waals surface area (Å²) in [6.07, 6.45) is 7.89. The molecule has 5 N–H and O–H groups in total. The SMILES string of the molecule is CN1CC[C@]23CCCC[C@H]2[C@H]1Cc1ccc(O)cc13.O=C(O)c1cc2ccccc2c(Cc2c(O)c(C(=O)O)cc3ccccc23)c1O. The van der Waals surface area contributed by atoms with Crippen LogP contribution in [0.3, 0.4) is 0 Å². The summed E-state index contributed by atoms with van der Waals surface area (Å²) in [5, 5.41) is 52.7. The number of likely N-dealkylation sites (tertiary alicyclic amines) is 1. The van der Waals surface area contributed by atoms with E-state index in [2.05, 4.69) is 24.1 Å².